The molecule has 2 rings (SSSR count). The van der Waals surface area contributed by atoms with Gasteiger partial charge in [0, 0.05) is 0 Å². The van der Waals surface area contributed by atoms with Gasteiger partial charge < -0.3 is 10.5 Å². The van der Waals surface area contributed by atoms with Crippen LogP contribution in [0.25, 0.3) is 0 Å². The molecule has 0 amide bonds. The Balaban J connectivity index is 2.23. The third kappa shape index (κ3) is 2.21. The molecule has 1 heterocycles. The van der Waals surface area contributed by atoms with E-state index in [0.717, 1.165) is 30.8 Å². The molecule has 1 aliphatic heterocycles. The van der Waals surface area contributed by atoms with Crippen molar-refractivity contribution in [1.82, 2.24) is 0 Å². The van der Waals surface area contributed by atoms with Gasteiger partial charge in [0.1, 0.15) is 5.76 Å². The van der Waals surface area contributed by atoms with Crippen LogP contribution in [0.4, 0.5) is 0 Å². The van der Waals surface area contributed by atoms with Crippen LogP contribution in [0.3, 0.4) is 0 Å². The molecule has 1 aliphatic rings. The second-order valence-electron chi connectivity index (χ2n) is 3.93. The van der Waals surface area contributed by atoms with E-state index in [1.165, 1.54) is 5.56 Å². The minimum Gasteiger partial charge on any atom is -0.496 e. The quantitative estimate of drug-likeness (QED) is 0.802. The Labute approximate surface area is 90.7 Å². The molecule has 0 spiro atoms. The fourth-order valence-corrected chi connectivity index (χ4v) is 1.88. The Hall–Kier alpha value is -1.28. The van der Waals surface area contributed by atoms with E-state index in [1.807, 2.05) is 12.1 Å². The van der Waals surface area contributed by atoms with Gasteiger partial charge in [-0.15, -0.1) is 0 Å². The van der Waals surface area contributed by atoms with E-state index >= 15 is 0 Å². The van der Waals surface area contributed by atoms with Crippen molar-refractivity contribution in [2.75, 3.05) is 6.61 Å². The second-order valence-corrected chi connectivity index (χ2v) is 3.93. The average Bonchev–Trinajstić information content (AvgIpc) is 2.30. The van der Waals surface area contributed by atoms with Crippen LogP contribution in [-0.4, -0.2) is 6.61 Å². The van der Waals surface area contributed by atoms with Crippen LogP contribution in [0.1, 0.15) is 30.0 Å². The highest BCUT2D eigenvalue weighted by Crippen LogP contribution is 2.25. The summed E-state index contributed by atoms with van der Waals surface area (Å²) >= 11 is 0. The summed E-state index contributed by atoms with van der Waals surface area (Å²) in [5.74, 6) is 0.926. The number of allylic oxidation sites excluding steroid dienone is 1. The Morgan fingerprint density at radius 1 is 1.33 bits per heavy atom. The summed E-state index contributed by atoms with van der Waals surface area (Å²) in [6.45, 7) is 2.88. The molecular formula is C13H17NO. The highest BCUT2D eigenvalue weighted by Gasteiger charge is 2.16. The number of rotatable bonds is 2. The number of benzene rings is 1. The van der Waals surface area contributed by atoms with Gasteiger partial charge in [0.2, 0.25) is 0 Å². The van der Waals surface area contributed by atoms with Crippen LogP contribution in [0, 0.1) is 6.92 Å². The molecule has 0 radical (unpaired) electrons. The first-order chi connectivity index (χ1) is 7.29. The fraction of sp³-hybridized carbons (Fsp3) is 0.385. The van der Waals surface area contributed by atoms with Crippen molar-refractivity contribution in [3.8, 4) is 0 Å². The maximum atomic E-state index is 6.18. The smallest absolute Gasteiger partial charge is 0.113 e. The summed E-state index contributed by atoms with van der Waals surface area (Å²) in [7, 11) is 0. The zero-order valence-corrected chi connectivity index (χ0v) is 9.07. The van der Waals surface area contributed by atoms with Gasteiger partial charge in [0.25, 0.3) is 0 Å². The summed E-state index contributed by atoms with van der Waals surface area (Å²) in [6.07, 6.45) is 4.29. The first kappa shape index (κ1) is 10.2. The maximum absolute atomic E-state index is 6.18. The molecule has 0 saturated heterocycles. The normalized spacial score (nSPS) is 17.9. The second kappa shape index (κ2) is 4.49. The molecule has 0 aromatic heterocycles. The van der Waals surface area contributed by atoms with Crippen molar-refractivity contribution in [3.63, 3.8) is 0 Å². The summed E-state index contributed by atoms with van der Waals surface area (Å²) in [5, 5.41) is 0. The number of hydrogen-bond acceptors (Lipinski definition) is 2. The molecule has 0 bridgehead atoms. The highest BCUT2D eigenvalue weighted by molar-refractivity contribution is 5.32. The highest BCUT2D eigenvalue weighted by atomic mass is 16.5. The summed E-state index contributed by atoms with van der Waals surface area (Å²) in [6, 6.07) is 8.09. The van der Waals surface area contributed by atoms with E-state index in [-0.39, 0.29) is 6.04 Å². The first-order valence-electron chi connectivity index (χ1n) is 5.43. The minimum atomic E-state index is -0.105. The van der Waals surface area contributed by atoms with Gasteiger partial charge >= 0.3 is 0 Å². The zero-order valence-electron chi connectivity index (χ0n) is 9.07. The molecule has 2 heteroatoms. The molecule has 1 unspecified atom stereocenters. The molecule has 1 aromatic rings. The van der Waals surface area contributed by atoms with Crippen LogP contribution in [0.5, 0.6) is 0 Å². The van der Waals surface area contributed by atoms with Crippen LogP contribution >= 0.6 is 0 Å². The summed E-state index contributed by atoms with van der Waals surface area (Å²) in [4.78, 5) is 0. The number of aryl methyl sites for hydroxylation is 1. The molecule has 80 valence electrons. The van der Waals surface area contributed by atoms with Crippen molar-refractivity contribution >= 4 is 0 Å². The minimum absolute atomic E-state index is 0.105. The van der Waals surface area contributed by atoms with Crippen LogP contribution < -0.4 is 5.73 Å². The maximum Gasteiger partial charge on any atom is 0.113 e. The van der Waals surface area contributed by atoms with Crippen molar-refractivity contribution in [3.05, 3.63) is 47.2 Å². The van der Waals surface area contributed by atoms with Crippen molar-refractivity contribution in [2.24, 2.45) is 5.73 Å². The molecule has 1 atom stereocenters. The van der Waals surface area contributed by atoms with E-state index in [0.29, 0.717) is 0 Å². The Morgan fingerprint density at radius 2 is 2.13 bits per heavy atom. The van der Waals surface area contributed by atoms with Gasteiger partial charge in [-0.3, -0.25) is 0 Å². The molecule has 0 aliphatic carbocycles. The topological polar surface area (TPSA) is 35.2 Å². The molecule has 15 heavy (non-hydrogen) atoms. The number of ether oxygens (including phenoxy) is 1. The Morgan fingerprint density at radius 3 is 2.80 bits per heavy atom. The van der Waals surface area contributed by atoms with Gasteiger partial charge in [0.15, 0.2) is 0 Å². The number of nitrogens with two attached hydrogens (primary N) is 1. The van der Waals surface area contributed by atoms with E-state index in [4.69, 9.17) is 10.5 Å². The van der Waals surface area contributed by atoms with Crippen LogP contribution in [0.15, 0.2) is 36.1 Å². The molecule has 2 N–H and O–H groups in total. The molecule has 0 fully saturated rings. The average molecular weight is 203 g/mol. The summed E-state index contributed by atoms with van der Waals surface area (Å²) in [5.41, 5.74) is 8.56. The third-order valence-electron chi connectivity index (χ3n) is 2.79. The third-order valence-corrected chi connectivity index (χ3v) is 2.79. The standard InChI is InChI=1S/C13H17NO/c1-10-6-2-3-7-11(10)13(14)12-8-4-5-9-15-12/h2-3,6-8,13H,4-5,9,14H2,1H3. The van der Waals surface area contributed by atoms with Crippen LogP contribution in [-0.2, 0) is 4.74 Å². The van der Waals surface area contributed by atoms with Gasteiger partial charge in [-0.2, -0.15) is 0 Å². The largest absolute Gasteiger partial charge is 0.496 e. The van der Waals surface area contributed by atoms with Crippen molar-refractivity contribution < 1.29 is 4.74 Å². The lowest BCUT2D eigenvalue weighted by Crippen LogP contribution is -2.18. The van der Waals surface area contributed by atoms with Gasteiger partial charge in [-0.1, -0.05) is 24.3 Å². The lowest BCUT2D eigenvalue weighted by atomic mass is 9.99. The lowest BCUT2D eigenvalue weighted by Gasteiger charge is -2.22. The van der Waals surface area contributed by atoms with Crippen molar-refractivity contribution in [1.29, 1.82) is 0 Å². The van der Waals surface area contributed by atoms with E-state index in [1.54, 1.807) is 0 Å². The molecule has 0 saturated carbocycles. The van der Waals surface area contributed by atoms with Gasteiger partial charge in [-0.25, -0.2) is 0 Å². The fourth-order valence-electron chi connectivity index (χ4n) is 1.88. The van der Waals surface area contributed by atoms with E-state index < -0.39 is 0 Å². The predicted octanol–water partition coefficient (Wildman–Crippen LogP) is 2.69. The number of hydrogen-bond donors (Lipinski definition) is 1. The van der Waals surface area contributed by atoms with Gasteiger partial charge in [-0.05, 0) is 37.0 Å². The van der Waals surface area contributed by atoms with Crippen molar-refractivity contribution in [2.45, 2.75) is 25.8 Å². The Kier molecular flexibility index (Phi) is 3.07. The first-order valence-corrected chi connectivity index (χ1v) is 5.43. The Bertz CT molecular complexity index is 371. The molecule has 1 aromatic carbocycles. The lowest BCUT2D eigenvalue weighted by molar-refractivity contribution is 0.175. The molecule has 2 nitrogen and oxygen atoms in total. The molecular weight excluding hydrogens is 186 g/mol. The van der Waals surface area contributed by atoms with E-state index in [2.05, 4.69) is 25.1 Å². The summed E-state index contributed by atoms with van der Waals surface area (Å²) < 4.78 is 5.59. The zero-order chi connectivity index (χ0) is 10.7. The van der Waals surface area contributed by atoms with E-state index in [9.17, 15) is 0 Å². The SMILES string of the molecule is Cc1ccccc1C(N)C1=CCCCO1. The van der Waals surface area contributed by atoms with Gasteiger partial charge in [0.05, 0.1) is 12.6 Å². The monoisotopic (exact) mass is 203 g/mol. The predicted molar refractivity (Wildman–Crippen MR) is 61.4 cm³/mol. The van der Waals surface area contributed by atoms with Crippen LogP contribution in [0.2, 0.25) is 0 Å².